The van der Waals surface area contributed by atoms with Crippen molar-refractivity contribution in [3.8, 4) is 0 Å². The first kappa shape index (κ1) is 17.1. The average Bonchev–Trinajstić information content (AvgIpc) is 2.14. The SMILES string of the molecule is CC=CC(=O)OCC[N+](C)(C)CCCS(=O)(=O)O. The topological polar surface area (TPSA) is 80.7 Å². The molecule has 0 aromatic rings. The number of likely N-dealkylation sites (N-methyl/N-ethyl adjacent to an activating group) is 1. The number of hydrogen-bond acceptors (Lipinski definition) is 4. The predicted octanol–water partition coefficient (Wildman–Crippen LogP) is 0.460. The molecule has 7 heteroatoms. The Morgan fingerprint density at radius 3 is 2.44 bits per heavy atom. The molecule has 0 fully saturated rings. The van der Waals surface area contributed by atoms with Gasteiger partial charge in [0.25, 0.3) is 10.1 Å². The maximum absolute atomic E-state index is 11.0. The third-order valence-corrected chi connectivity index (χ3v) is 3.21. The second-order valence-corrected chi connectivity index (χ2v) is 6.26. The number of hydrogen-bond donors (Lipinski definition) is 1. The van der Waals surface area contributed by atoms with Crippen molar-refractivity contribution >= 4 is 16.1 Å². The van der Waals surface area contributed by atoms with Crippen molar-refractivity contribution in [2.24, 2.45) is 0 Å². The lowest BCUT2D eigenvalue weighted by atomic mass is 10.3. The van der Waals surface area contributed by atoms with Crippen molar-refractivity contribution < 1.29 is 27.0 Å². The fourth-order valence-corrected chi connectivity index (χ4v) is 1.86. The van der Waals surface area contributed by atoms with Crippen LogP contribution in [0.3, 0.4) is 0 Å². The summed E-state index contributed by atoms with van der Waals surface area (Å²) in [6.07, 6.45) is 3.32. The second kappa shape index (κ2) is 7.50. The van der Waals surface area contributed by atoms with Crippen molar-refractivity contribution in [2.45, 2.75) is 13.3 Å². The number of carbonyl (C=O) groups excluding carboxylic acids is 1. The average molecular weight is 280 g/mol. The van der Waals surface area contributed by atoms with Gasteiger partial charge in [-0.2, -0.15) is 8.42 Å². The van der Waals surface area contributed by atoms with E-state index in [-0.39, 0.29) is 18.3 Å². The van der Waals surface area contributed by atoms with Gasteiger partial charge in [0.05, 0.1) is 26.4 Å². The van der Waals surface area contributed by atoms with Gasteiger partial charge in [-0.25, -0.2) is 4.79 Å². The predicted molar refractivity (Wildman–Crippen MR) is 68.6 cm³/mol. The van der Waals surface area contributed by atoms with Crippen LogP contribution in [0.15, 0.2) is 12.2 Å². The molecule has 0 aliphatic carbocycles. The van der Waals surface area contributed by atoms with E-state index in [1.807, 2.05) is 14.1 Å². The maximum atomic E-state index is 11.0. The normalized spacial score (nSPS) is 12.9. The van der Waals surface area contributed by atoms with E-state index in [2.05, 4.69) is 0 Å². The van der Waals surface area contributed by atoms with Gasteiger partial charge in [-0.1, -0.05) is 6.08 Å². The van der Waals surface area contributed by atoms with Crippen LogP contribution in [0.25, 0.3) is 0 Å². The first-order chi connectivity index (χ1) is 8.16. The van der Waals surface area contributed by atoms with Crippen LogP contribution in [0.5, 0.6) is 0 Å². The van der Waals surface area contributed by atoms with Gasteiger partial charge in [0.1, 0.15) is 13.2 Å². The lowest BCUT2D eigenvalue weighted by molar-refractivity contribution is -0.890. The summed E-state index contributed by atoms with van der Waals surface area (Å²) < 4.78 is 35.2. The Bertz CT molecular complexity index is 386. The Hall–Kier alpha value is -0.920. The molecule has 1 N–H and O–H groups in total. The molecule has 0 aliphatic heterocycles. The fraction of sp³-hybridized carbons (Fsp3) is 0.727. The highest BCUT2D eigenvalue weighted by atomic mass is 32.2. The molecular formula is C11H22NO5S+. The van der Waals surface area contributed by atoms with Crippen molar-refractivity contribution in [3.63, 3.8) is 0 Å². The molecule has 0 rings (SSSR count). The Morgan fingerprint density at radius 1 is 1.33 bits per heavy atom. The van der Waals surface area contributed by atoms with Crippen LogP contribution in [-0.2, 0) is 19.6 Å². The highest BCUT2D eigenvalue weighted by Crippen LogP contribution is 2.01. The van der Waals surface area contributed by atoms with Crippen LogP contribution in [0.4, 0.5) is 0 Å². The molecule has 0 aromatic carbocycles. The number of carbonyl (C=O) groups is 1. The van der Waals surface area contributed by atoms with Gasteiger partial charge >= 0.3 is 5.97 Å². The molecule has 0 atom stereocenters. The van der Waals surface area contributed by atoms with Gasteiger partial charge in [0, 0.05) is 12.5 Å². The van der Waals surface area contributed by atoms with E-state index in [9.17, 15) is 13.2 Å². The number of esters is 1. The summed E-state index contributed by atoms with van der Waals surface area (Å²) in [5.41, 5.74) is 0. The largest absolute Gasteiger partial charge is 0.457 e. The minimum Gasteiger partial charge on any atom is -0.457 e. The highest BCUT2D eigenvalue weighted by molar-refractivity contribution is 7.85. The van der Waals surface area contributed by atoms with Crippen LogP contribution in [0, 0.1) is 0 Å². The molecule has 18 heavy (non-hydrogen) atoms. The lowest BCUT2D eigenvalue weighted by Gasteiger charge is -2.29. The number of nitrogens with zero attached hydrogens (tertiary/aromatic N) is 1. The minimum absolute atomic E-state index is 0.243. The third-order valence-electron chi connectivity index (χ3n) is 2.41. The summed E-state index contributed by atoms with van der Waals surface area (Å²) in [6.45, 7) is 3.19. The summed E-state index contributed by atoms with van der Waals surface area (Å²) in [7, 11) is -0.0719. The van der Waals surface area contributed by atoms with Gasteiger partial charge < -0.3 is 9.22 Å². The second-order valence-electron chi connectivity index (χ2n) is 4.69. The smallest absolute Gasteiger partial charge is 0.330 e. The molecule has 0 aliphatic rings. The molecule has 0 amide bonds. The summed E-state index contributed by atoms with van der Waals surface area (Å²) in [6, 6.07) is 0. The summed E-state index contributed by atoms with van der Waals surface area (Å²) in [4.78, 5) is 11.0. The standard InChI is InChI=1S/C11H21NO5S/c1-4-6-11(13)17-9-8-12(2,3)7-5-10-18(14,15)16/h4,6H,5,7-10H2,1-3H3/p+1. The quantitative estimate of drug-likeness (QED) is 0.302. The van der Waals surface area contributed by atoms with E-state index in [4.69, 9.17) is 9.29 Å². The van der Waals surface area contributed by atoms with E-state index in [1.54, 1.807) is 13.0 Å². The van der Waals surface area contributed by atoms with E-state index in [0.717, 1.165) is 0 Å². The molecule has 0 unspecified atom stereocenters. The molecule has 0 heterocycles. The molecule has 0 spiro atoms. The van der Waals surface area contributed by atoms with Crippen LogP contribution < -0.4 is 0 Å². The van der Waals surface area contributed by atoms with Crippen LogP contribution in [-0.4, -0.2) is 63.0 Å². The lowest BCUT2D eigenvalue weighted by Crippen LogP contribution is -2.43. The molecule has 0 aromatic heterocycles. The molecule has 106 valence electrons. The van der Waals surface area contributed by atoms with E-state index >= 15 is 0 Å². The molecule has 0 bridgehead atoms. The highest BCUT2D eigenvalue weighted by Gasteiger charge is 2.17. The van der Waals surface area contributed by atoms with Crippen molar-refractivity contribution in [3.05, 3.63) is 12.2 Å². The van der Waals surface area contributed by atoms with Crippen molar-refractivity contribution in [1.82, 2.24) is 0 Å². The number of ether oxygens (including phenoxy) is 1. The van der Waals surface area contributed by atoms with Gasteiger partial charge in [-0.15, -0.1) is 0 Å². The first-order valence-corrected chi connectivity index (χ1v) is 7.34. The minimum atomic E-state index is -3.89. The summed E-state index contributed by atoms with van der Waals surface area (Å²) >= 11 is 0. The zero-order valence-electron chi connectivity index (χ0n) is 11.1. The Morgan fingerprint density at radius 2 is 1.94 bits per heavy atom. The van der Waals surface area contributed by atoms with Crippen molar-refractivity contribution in [2.75, 3.05) is 39.5 Å². The van der Waals surface area contributed by atoms with Gasteiger partial charge in [0.15, 0.2) is 0 Å². The van der Waals surface area contributed by atoms with Crippen LogP contribution in [0.1, 0.15) is 13.3 Å². The molecular weight excluding hydrogens is 258 g/mol. The number of quaternary nitrogens is 1. The van der Waals surface area contributed by atoms with E-state index in [1.165, 1.54) is 6.08 Å². The number of allylic oxidation sites excluding steroid dienone is 1. The molecule has 0 saturated carbocycles. The molecule has 0 radical (unpaired) electrons. The van der Waals surface area contributed by atoms with Gasteiger partial charge in [-0.05, 0) is 6.92 Å². The van der Waals surface area contributed by atoms with E-state index < -0.39 is 10.1 Å². The Kier molecular flexibility index (Phi) is 7.12. The Labute approximate surface area is 109 Å². The fourth-order valence-electron chi connectivity index (χ4n) is 1.36. The monoisotopic (exact) mass is 280 g/mol. The van der Waals surface area contributed by atoms with Crippen LogP contribution in [0.2, 0.25) is 0 Å². The zero-order valence-corrected chi connectivity index (χ0v) is 11.9. The van der Waals surface area contributed by atoms with Crippen molar-refractivity contribution in [1.29, 1.82) is 0 Å². The third kappa shape index (κ3) is 10.2. The zero-order chi connectivity index (χ0) is 14.2. The van der Waals surface area contributed by atoms with Gasteiger partial charge in [0.2, 0.25) is 0 Å². The molecule has 0 saturated heterocycles. The summed E-state index contributed by atoms with van der Waals surface area (Å²) in [5, 5.41) is 0. The van der Waals surface area contributed by atoms with Crippen LogP contribution >= 0.6 is 0 Å². The maximum Gasteiger partial charge on any atom is 0.330 e. The number of rotatable bonds is 8. The first-order valence-electron chi connectivity index (χ1n) is 5.73. The Balaban J connectivity index is 3.90. The molecule has 6 nitrogen and oxygen atoms in total. The van der Waals surface area contributed by atoms with E-state index in [0.29, 0.717) is 24.0 Å². The van der Waals surface area contributed by atoms with Gasteiger partial charge in [-0.3, -0.25) is 4.55 Å². The summed E-state index contributed by atoms with van der Waals surface area (Å²) in [5.74, 6) is -0.622.